The summed E-state index contributed by atoms with van der Waals surface area (Å²) in [4.78, 5) is 48.0. The molecule has 0 radical (unpaired) electrons. The van der Waals surface area contributed by atoms with Gasteiger partial charge >= 0.3 is 5.97 Å². The molecule has 3 heterocycles. The van der Waals surface area contributed by atoms with Gasteiger partial charge in [-0.2, -0.15) is 0 Å². The molecule has 1 saturated heterocycles. The summed E-state index contributed by atoms with van der Waals surface area (Å²) >= 11 is 2.96. The molecular weight excluding hydrogens is 470 g/mol. The molecule has 7 nitrogen and oxygen atoms in total. The van der Waals surface area contributed by atoms with Gasteiger partial charge in [-0.05, 0) is 70.8 Å². The Hall–Kier alpha value is -1.87. The van der Waals surface area contributed by atoms with Crippen LogP contribution < -0.4 is 5.56 Å². The van der Waals surface area contributed by atoms with E-state index in [4.69, 9.17) is 9.72 Å². The second-order valence-corrected chi connectivity index (χ2v) is 11.2. The standard InChI is InChI=1S/C25H35N3O4S2/c1-4-16(3)28-23(30)21-17-11-7-6-8-13-19(17)34-22(21)26-25(28)33-15-20(29)27-14-10-9-12-18(27)24(31)32-5-2/h16,18H,4-15H2,1-3H3/t16-,18-/m0/s1. The third-order valence-corrected chi connectivity index (χ3v) is 9.10. The molecule has 2 atom stereocenters. The van der Waals surface area contributed by atoms with Crippen molar-refractivity contribution in [2.24, 2.45) is 0 Å². The minimum absolute atomic E-state index is 0.00871. The van der Waals surface area contributed by atoms with Crippen LogP contribution in [0.1, 0.15) is 82.2 Å². The van der Waals surface area contributed by atoms with Gasteiger partial charge in [0.1, 0.15) is 10.9 Å². The lowest BCUT2D eigenvalue weighted by Crippen LogP contribution is -2.49. The van der Waals surface area contributed by atoms with E-state index in [1.165, 1.54) is 28.6 Å². The number of aromatic nitrogens is 2. The number of thioether (sulfide) groups is 1. The van der Waals surface area contributed by atoms with Crippen molar-refractivity contribution in [3.8, 4) is 0 Å². The zero-order valence-corrected chi connectivity index (χ0v) is 22.1. The van der Waals surface area contributed by atoms with Gasteiger partial charge in [0.25, 0.3) is 5.56 Å². The second-order valence-electron chi connectivity index (χ2n) is 9.21. The number of hydrogen-bond acceptors (Lipinski definition) is 7. The first kappa shape index (κ1) is 25.2. The molecule has 1 aliphatic heterocycles. The number of carbonyl (C=O) groups excluding carboxylic acids is 2. The number of fused-ring (bicyclic) bond motifs is 3. The third-order valence-electron chi connectivity index (χ3n) is 6.98. The Balaban J connectivity index is 1.62. The lowest BCUT2D eigenvalue weighted by molar-refractivity contribution is -0.155. The molecule has 0 aromatic carbocycles. The summed E-state index contributed by atoms with van der Waals surface area (Å²) in [7, 11) is 0. The van der Waals surface area contributed by atoms with E-state index in [0.717, 1.165) is 55.2 Å². The minimum atomic E-state index is -0.512. The molecule has 0 N–H and O–H groups in total. The van der Waals surface area contributed by atoms with Crippen molar-refractivity contribution in [1.29, 1.82) is 0 Å². The summed E-state index contributed by atoms with van der Waals surface area (Å²) in [6.45, 7) is 6.75. The predicted molar refractivity (Wildman–Crippen MR) is 137 cm³/mol. The zero-order valence-electron chi connectivity index (χ0n) is 20.4. The lowest BCUT2D eigenvalue weighted by atomic mass is 10.0. The molecule has 0 saturated carbocycles. The highest BCUT2D eigenvalue weighted by Crippen LogP contribution is 2.35. The first-order valence-electron chi connectivity index (χ1n) is 12.6. The van der Waals surface area contributed by atoms with Crippen LogP contribution in [0.2, 0.25) is 0 Å². The van der Waals surface area contributed by atoms with Crippen LogP contribution in [-0.2, 0) is 27.2 Å². The fourth-order valence-electron chi connectivity index (χ4n) is 4.97. The van der Waals surface area contributed by atoms with Gasteiger partial charge in [0.15, 0.2) is 5.16 Å². The number of amides is 1. The van der Waals surface area contributed by atoms with E-state index in [1.54, 1.807) is 27.7 Å². The topological polar surface area (TPSA) is 81.5 Å². The van der Waals surface area contributed by atoms with Gasteiger partial charge < -0.3 is 9.64 Å². The number of carbonyl (C=O) groups is 2. The van der Waals surface area contributed by atoms with Gasteiger partial charge in [-0.15, -0.1) is 11.3 Å². The van der Waals surface area contributed by atoms with Crippen LogP contribution in [0.3, 0.4) is 0 Å². The average Bonchev–Trinajstić information content (AvgIpc) is 3.03. The summed E-state index contributed by atoms with van der Waals surface area (Å²) in [5.41, 5.74) is 1.22. The van der Waals surface area contributed by atoms with Crippen molar-refractivity contribution in [1.82, 2.24) is 14.5 Å². The molecular formula is C25H35N3O4S2. The Labute approximate surface area is 209 Å². The molecule has 1 aliphatic carbocycles. The number of ether oxygens (including phenoxy) is 1. The van der Waals surface area contributed by atoms with Crippen molar-refractivity contribution in [2.45, 2.75) is 95.8 Å². The predicted octanol–water partition coefficient (Wildman–Crippen LogP) is 4.73. The number of rotatable bonds is 7. The van der Waals surface area contributed by atoms with Crippen molar-refractivity contribution < 1.29 is 14.3 Å². The van der Waals surface area contributed by atoms with Crippen molar-refractivity contribution >= 4 is 45.2 Å². The number of nitrogens with zero attached hydrogens (tertiary/aromatic N) is 3. The normalized spacial score (nSPS) is 19.5. The van der Waals surface area contributed by atoms with Crippen LogP contribution in [0.25, 0.3) is 10.2 Å². The lowest BCUT2D eigenvalue weighted by Gasteiger charge is -2.34. The fourth-order valence-corrected chi connectivity index (χ4v) is 7.26. The Morgan fingerprint density at radius 2 is 1.97 bits per heavy atom. The van der Waals surface area contributed by atoms with E-state index in [-0.39, 0.29) is 29.2 Å². The first-order valence-corrected chi connectivity index (χ1v) is 14.4. The summed E-state index contributed by atoms with van der Waals surface area (Å²) in [6, 6.07) is -0.521. The molecule has 4 rings (SSSR count). The van der Waals surface area contributed by atoms with Crippen molar-refractivity contribution in [3.05, 3.63) is 20.8 Å². The summed E-state index contributed by atoms with van der Waals surface area (Å²) < 4.78 is 7.00. The average molecular weight is 506 g/mol. The summed E-state index contributed by atoms with van der Waals surface area (Å²) in [6.07, 6.45) is 8.68. The molecule has 2 aliphatic rings. The van der Waals surface area contributed by atoms with Gasteiger partial charge in [-0.1, -0.05) is 25.1 Å². The third kappa shape index (κ3) is 5.05. The maximum Gasteiger partial charge on any atom is 0.328 e. The van der Waals surface area contributed by atoms with E-state index >= 15 is 0 Å². The van der Waals surface area contributed by atoms with Crippen LogP contribution in [0.5, 0.6) is 0 Å². The SMILES string of the molecule is CCOC(=O)[C@@H]1CCCCN1C(=O)CSc1nc2sc3c(c2c(=O)n1[C@@H](C)CC)CCCCC3. The second kappa shape index (κ2) is 11.2. The highest BCUT2D eigenvalue weighted by Gasteiger charge is 2.33. The van der Waals surface area contributed by atoms with Gasteiger partial charge in [0.05, 0.1) is 17.7 Å². The molecule has 0 unspecified atom stereocenters. The molecule has 0 bridgehead atoms. The Bertz CT molecular complexity index is 1110. The van der Waals surface area contributed by atoms with E-state index in [1.807, 2.05) is 6.92 Å². The van der Waals surface area contributed by atoms with Crippen molar-refractivity contribution in [3.63, 3.8) is 0 Å². The van der Waals surface area contributed by atoms with Gasteiger partial charge in [-0.25, -0.2) is 9.78 Å². The van der Waals surface area contributed by atoms with E-state index in [0.29, 0.717) is 24.7 Å². The largest absolute Gasteiger partial charge is 0.464 e. The number of likely N-dealkylation sites (tertiary alicyclic amines) is 1. The Morgan fingerprint density at radius 1 is 1.18 bits per heavy atom. The minimum Gasteiger partial charge on any atom is -0.464 e. The zero-order chi connectivity index (χ0) is 24.2. The quantitative estimate of drug-likeness (QED) is 0.234. The van der Waals surface area contributed by atoms with Gasteiger partial charge in [-0.3, -0.25) is 14.2 Å². The smallest absolute Gasteiger partial charge is 0.328 e. The van der Waals surface area contributed by atoms with Crippen LogP contribution in [0.15, 0.2) is 9.95 Å². The highest BCUT2D eigenvalue weighted by molar-refractivity contribution is 7.99. The molecule has 34 heavy (non-hydrogen) atoms. The number of thiophene rings is 1. The summed E-state index contributed by atoms with van der Waals surface area (Å²) in [5, 5.41) is 1.39. The maximum atomic E-state index is 13.7. The molecule has 1 amide bonds. The van der Waals surface area contributed by atoms with Crippen LogP contribution in [0, 0.1) is 0 Å². The number of hydrogen-bond donors (Lipinski definition) is 0. The summed E-state index contributed by atoms with van der Waals surface area (Å²) in [5.74, 6) is -0.276. The fraction of sp³-hybridized carbons (Fsp3) is 0.680. The number of piperidine rings is 1. The Kier molecular flexibility index (Phi) is 8.34. The molecule has 9 heteroatoms. The maximum absolute atomic E-state index is 13.7. The van der Waals surface area contributed by atoms with Gasteiger partial charge in [0.2, 0.25) is 5.91 Å². The van der Waals surface area contributed by atoms with E-state index in [9.17, 15) is 14.4 Å². The molecule has 186 valence electrons. The van der Waals surface area contributed by atoms with Crippen LogP contribution in [0.4, 0.5) is 0 Å². The highest BCUT2D eigenvalue weighted by atomic mass is 32.2. The van der Waals surface area contributed by atoms with Crippen LogP contribution >= 0.6 is 23.1 Å². The van der Waals surface area contributed by atoms with E-state index in [2.05, 4.69) is 6.92 Å². The monoisotopic (exact) mass is 505 g/mol. The van der Waals surface area contributed by atoms with Crippen molar-refractivity contribution in [2.75, 3.05) is 18.9 Å². The number of esters is 1. The Morgan fingerprint density at radius 3 is 2.74 bits per heavy atom. The molecule has 0 spiro atoms. The van der Waals surface area contributed by atoms with E-state index < -0.39 is 6.04 Å². The first-order chi connectivity index (χ1) is 16.5. The van der Waals surface area contributed by atoms with Gasteiger partial charge in [0, 0.05) is 17.5 Å². The molecule has 2 aromatic heterocycles. The molecule has 1 fully saturated rings. The van der Waals surface area contributed by atoms with Crippen LogP contribution in [-0.4, -0.2) is 51.3 Å². The number of aryl methyl sites for hydroxylation is 2. The molecule has 2 aromatic rings.